The molecule has 3 nitrogen and oxygen atoms in total. The molecule has 2 heterocycles. The van der Waals surface area contributed by atoms with Crippen LogP contribution in [0.25, 0.3) is 0 Å². The Labute approximate surface area is 85.4 Å². The molecule has 14 heavy (non-hydrogen) atoms. The van der Waals surface area contributed by atoms with Gasteiger partial charge in [0.15, 0.2) is 5.79 Å². The minimum atomic E-state index is -0.477. The summed E-state index contributed by atoms with van der Waals surface area (Å²) in [6.45, 7) is 4.09. The van der Waals surface area contributed by atoms with Crippen LogP contribution in [0.5, 0.6) is 0 Å². The first kappa shape index (κ1) is 10.4. The molecule has 2 aliphatic heterocycles. The van der Waals surface area contributed by atoms with Crippen LogP contribution in [0, 0.1) is 0 Å². The van der Waals surface area contributed by atoms with Crippen LogP contribution >= 0.6 is 0 Å². The zero-order valence-electron chi connectivity index (χ0n) is 9.03. The third-order valence-corrected chi connectivity index (χ3v) is 3.15. The lowest BCUT2D eigenvalue weighted by atomic mass is 9.92. The highest BCUT2D eigenvalue weighted by Gasteiger charge is 2.43. The van der Waals surface area contributed by atoms with E-state index in [-0.39, 0.29) is 18.3 Å². The van der Waals surface area contributed by atoms with Crippen molar-refractivity contribution in [2.75, 3.05) is 0 Å². The van der Waals surface area contributed by atoms with Crippen LogP contribution in [0.3, 0.4) is 0 Å². The number of aliphatic hydroxyl groups is 1. The standard InChI is InChI=1S/C11H20O3/c1-8-4-3-5-11(13-8)7-10(12)6-9(2)14-11/h8-10,12H,3-7H2,1-2H3/t8-,9+,10-,11+/m1/s1. The van der Waals surface area contributed by atoms with Crippen LogP contribution in [-0.2, 0) is 9.47 Å². The summed E-state index contributed by atoms with van der Waals surface area (Å²) in [4.78, 5) is 0. The maximum atomic E-state index is 9.72. The molecule has 0 radical (unpaired) electrons. The van der Waals surface area contributed by atoms with E-state index in [1.165, 1.54) is 0 Å². The molecular weight excluding hydrogens is 180 g/mol. The minimum absolute atomic E-state index is 0.115. The Balaban J connectivity index is 2.05. The first-order chi connectivity index (χ1) is 6.60. The molecule has 82 valence electrons. The number of aliphatic hydroxyl groups excluding tert-OH is 1. The molecule has 0 saturated carbocycles. The van der Waals surface area contributed by atoms with E-state index in [0.717, 1.165) is 25.7 Å². The molecule has 3 heteroatoms. The van der Waals surface area contributed by atoms with Gasteiger partial charge in [-0.05, 0) is 33.1 Å². The summed E-state index contributed by atoms with van der Waals surface area (Å²) in [6, 6.07) is 0. The van der Waals surface area contributed by atoms with Gasteiger partial charge in [0.2, 0.25) is 0 Å². The molecular formula is C11H20O3. The SMILES string of the molecule is C[C@@H]1CCC[C@]2(C[C@H](O)C[C@H](C)O2)O1. The van der Waals surface area contributed by atoms with Crippen LogP contribution in [-0.4, -0.2) is 29.2 Å². The molecule has 2 fully saturated rings. The van der Waals surface area contributed by atoms with Gasteiger partial charge < -0.3 is 14.6 Å². The lowest BCUT2D eigenvalue weighted by molar-refractivity contribution is -0.321. The van der Waals surface area contributed by atoms with E-state index in [2.05, 4.69) is 6.92 Å². The smallest absolute Gasteiger partial charge is 0.171 e. The van der Waals surface area contributed by atoms with Crippen LogP contribution in [0.2, 0.25) is 0 Å². The second-order valence-corrected chi connectivity index (χ2v) is 4.75. The molecule has 2 saturated heterocycles. The molecule has 2 aliphatic rings. The highest BCUT2D eigenvalue weighted by molar-refractivity contribution is 4.85. The molecule has 4 atom stereocenters. The number of ether oxygens (including phenoxy) is 2. The fourth-order valence-electron chi connectivity index (χ4n) is 2.67. The first-order valence-corrected chi connectivity index (χ1v) is 5.63. The van der Waals surface area contributed by atoms with Crippen molar-refractivity contribution in [2.24, 2.45) is 0 Å². The van der Waals surface area contributed by atoms with Crippen LogP contribution < -0.4 is 0 Å². The Bertz CT molecular complexity index is 189. The molecule has 1 N–H and O–H groups in total. The molecule has 0 aromatic heterocycles. The molecule has 0 aromatic rings. The molecule has 2 rings (SSSR count). The van der Waals surface area contributed by atoms with Gasteiger partial charge in [0.25, 0.3) is 0 Å². The van der Waals surface area contributed by atoms with E-state index in [0.29, 0.717) is 6.42 Å². The quantitative estimate of drug-likeness (QED) is 0.648. The average Bonchev–Trinajstić information content (AvgIpc) is 1.99. The summed E-state index contributed by atoms with van der Waals surface area (Å²) in [7, 11) is 0. The van der Waals surface area contributed by atoms with Crippen molar-refractivity contribution in [3.63, 3.8) is 0 Å². The Hall–Kier alpha value is -0.120. The zero-order chi connectivity index (χ0) is 10.2. The zero-order valence-corrected chi connectivity index (χ0v) is 9.03. The summed E-state index contributed by atoms with van der Waals surface area (Å²) in [5, 5.41) is 9.72. The average molecular weight is 200 g/mol. The number of hydrogen-bond donors (Lipinski definition) is 1. The Morgan fingerprint density at radius 2 is 1.93 bits per heavy atom. The maximum absolute atomic E-state index is 9.72. The normalized spacial score (nSPS) is 49.5. The fraction of sp³-hybridized carbons (Fsp3) is 1.00. The summed E-state index contributed by atoms with van der Waals surface area (Å²) in [5.41, 5.74) is 0. The predicted octanol–water partition coefficient (Wildman–Crippen LogP) is 1.83. The largest absolute Gasteiger partial charge is 0.393 e. The van der Waals surface area contributed by atoms with E-state index < -0.39 is 5.79 Å². The molecule has 0 unspecified atom stereocenters. The van der Waals surface area contributed by atoms with Crippen molar-refractivity contribution in [3.05, 3.63) is 0 Å². The molecule has 1 spiro atoms. The Morgan fingerprint density at radius 1 is 1.21 bits per heavy atom. The van der Waals surface area contributed by atoms with Gasteiger partial charge in [0.1, 0.15) is 0 Å². The molecule has 0 aliphatic carbocycles. The number of rotatable bonds is 0. The third-order valence-electron chi connectivity index (χ3n) is 3.15. The predicted molar refractivity (Wildman–Crippen MR) is 52.9 cm³/mol. The summed E-state index contributed by atoms with van der Waals surface area (Å²) < 4.78 is 11.7. The van der Waals surface area contributed by atoms with Crippen LogP contribution in [0.1, 0.15) is 46.0 Å². The van der Waals surface area contributed by atoms with Crippen molar-refractivity contribution in [3.8, 4) is 0 Å². The van der Waals surface area contributed by atoms with Gasteiger partial charge >= 0.3 is 0 Å². The van der Waals surface area contributed by atoms with Gasteiger partial charge in [-0.1, -0.05) is 0 Å². The Kier molecular flexibility index (Phi) is 2.82. The van der Waals surface area contributed by atoms with Crippen molar-refractivity contribution in [1.29, 1.82) is 0 Å². The van der Waals surface area contributed by atoms with E-state index in [4.69, 9.17) is 9.47 Å². The van der Waals surface area contributed by atoms with Gasteiger partial charge in [-0.15, -0.1) is 0 Å². The van der Waals surface area contributed by atoms with Crippen molar-refractivity contribution < 1.29 is 14.6 Å². The van der Waals surface area contributed by atoms with E-state index in [1.807, 2.05) is 6.92 Å². The van der Waals surface area contributed by atoms with Gasteiger partial charge in [-0.25, -0.2) is 0 Å². The summed E-state index contributed by atoms with van der Waals surface area (Å²) in [6.07, 6.45) is 4.67. The highest BCUT2D eigenvalue weighted by Crippen LogP contribution is 2.38. The maximum Gasteiger partial charge on any atom is 0.171 e. The lowest BCUT2D eigenvalue weighted by Gasteiger charge is -2.46. The van der Waals surface area contributed by atoms with Crippen molar-refractivity contribution in [2.45, 2.75) is 70.1 Å². The lowest BCUT2D eigenvalue weighted by Crippen LogP contribution is -2.50. The molecule has 0 amide bonds. The van der Waals surface area contributed by atoms with Gasteiger partial charge in [0, 0.05) is 12.8 Å². The fourth-order valence-corrected chi connectivity index (χ4v) is 2.67. The van der Waals surface area contributed by atoms with Crippen LogP contribution in [0.4, 0.5) is 0 Å². The van der Waals surface area contributed by atoms with Crippen LogP contribution in [0.15, 0.2) is 0 Å². The monoisotopic (exact) mass is 200 g/mol. The van der Waals surface area contributed by atoms with Crippen molar-refractivity contribution >= 4 is 0 Å². The van der Waals surface area contributed by atoms with E-state index >= 15 is 0 Å². The molecule has 0 aromatic carbocycles. The van der Waals surface area contributed by atoms with Gasteiger partial charge in [-0.3, -0.25) is 0 Å². The second kappa shape index (κ2) is 3.80. The topological polar surface area (TPSA) is 38.7 Å². The van der Waals surface area contributed by atoms with E-state index in [1.54, 1.807) is 0 Å². The third kappa shape index (κ3) is 2.10. The van der Waals surface area contributed by atoms with Crippen molar-refractivity contribution in [1.82, 2.24) is 0 Å². The van der Waals surface area contributed by atoms with Gasteiger partial charge in [-0.2, -0.15) is 0 Å². The minimum Gasteiger partial charge on any atom is -0.393 e. The summed E-state index contributed by atoms with van der Waals surface area (Å²) in [5.74, 6) is -0.477. The Morgan fingerprint density at radius 3 is 2.57 bits per heavy atom. The summed E-state index contributed by atoms with van der Waals surface area (Å²) >= 11 is 0. The van der Waals surface area contributed by atoms with E-state index in [9.17, 15) is 5.11 Å². The highest BCUT2D eigenvalue weighted by atomic mass is 16.7. The van der Waals surface area contributed by atoms with Gasteiger partial charge in [0.05, 0.1) is 18.3 Å². The second-order valence-electron chi connectivity index (χ2n) is 4.75. The number of hydrogen-bond acceptors (Lipinski definition) is 3. The first-order valence-electron chi connectivity index (χ1n) is 5.63. The molecule has 0 bridgehead atoms.